The first-order valence-corrected chi connectivity index (χ1v) is 8.80. The van der Waals surface area contributed by atoms with Crippen LogP contribution in [0.2, 0.25) is 0 Å². The van der Waals surface area contributed by atoms with Gasteiger partial charge in [0, 0.05) is 0 Å². The highest BCUT2D eigenvalue weighted by Gasteiger charge is 2.29. The largest absolute Gasteiger partial charge is 0.493 e. The number of fused-ring (bicyclic) bond motifs is 1. The molecular weight excluding hydrogens is 334 g/mol. The van der Waals surface area contributed by atoms with Crippen LogP contribution in [0.1, 0.15) is 6.92 Å². The van der Waals surface area contributed by atoms with Crippen LogP contribution in [0.3, 0.4) is 0 Å². The van der Waals surface area contributed by atoms with E-state index < -0.39 is 0 Å². The van der Waals surface area contributed by atoms with Crippen molar-refractivity contribution in [1.29, 1.82) is 0 Å². The van der Waals surface area contributed by atoms with Gasteiger partial charge in [0.15, 0.2) is 29.1 Å². The second kappa shape index (κ2) is 8.67. The highest BCUT2D eigenvalue weighted by Crippen LogP contribution is 2.36. The number of ether oxygens (including phenoxy) is 5. The van der Waals surface area contributed by atoms with Crippen molar-refractivity contribution in [1.82, 2.24) is 0 Å². The molecule has 1 aliphatic rings. The molecule has 0 bridgehead atoms. The summed E-state index contributed by atoms with van der Waals surface area (Å²) in [5.41, 5.74) is 0. The van der Waals surface area contributed by atoms with Crippen molar-refractivity contribution in [3.8, 4) is 28.7 Å². The van der Waals surface area contributed by atoms with E-state index in [9.17, 15) is 0 Å². The van der Waals surface area contributed by atoms with Gasteiger partial charge in [-0.15, -0.1) is 0 Å². The Balaban J connectivity index is 1.47. The molecule has 1 aliphatic heterocycles. The Bertz CT molecular complexity index is 699. The Morgan fingerprint density at radius 2 is 1.58 bits per heavy atom. The van der Waals surface area contributed by atoms with E-state index in [0.717, 1.165) is 24.6 Å². The molecule has 0 saturated carbocycles. The van der Waals surface area contributed by atoms with Gasteiger partial charge in [-0.25, -0.2) is 0 Å². The molecule has 0 radical (unpaired) electrons. The topological polar surface area (TPSA) is 62.8 Å². The van der Waals surface area contributed by atoms with Crippen molar-refractivity contribution in [3.63, 3.8) is 0 Å². The molecule has 2 atom stereocenters. The van der Waals surface area contributed by atoms with E-state index >= 15 is 0 Å². The number of para-hydroxylation sites is 3. The molecule has 6 nitrogen and oxygen atoms in total. The lowest BCUT2D eigenvalue weighted by atomic mass is 10.2. The third-order valence-corrected chi connectivity index (χ3v) is 4.31. The molecule has 3 rings (SSSR count). The quantitative estimate of drug-likeness (QED) is 0.728. The lowest BCUT2D eigenvalue weighted by Crippen LogP contribution is -2.88. The summed E-state index contributed by atoms with van der Waals surface area (Å²) in [5, 5.41) is 2.17. The van der Waals surface area contributed by atoms with Gasteiger partial charge in [-0.3, -0.25) is 0 Å². The molecule has 6 heteroatoms. The maximum atomic E-state index is 6.04. The van der Waals surface area contributed by atoms with Gasteiger partial charge < -0.3 is 29.0 Å². The molecule has 2 N–H and O–H groups in total. The van der Waals surface area contributed by atoms with Crippen molar-refractivity contribution in [2.45, 2.75) is 19.1 Å². The van der Waals surface area contributed by atoms with Gasteiger partial charge in [0.05, 0.1) is 14.2 Å². The SMILES string of the molecule is COc1cccc(OC)c1OCC[NH2+]C[C@H]1Oc2ccccc2O[C@@H]1C. The monoisotopic (exact) mass is 360 g/mol. The Labute approximate surface area is 154 Å². The smallest absolute Gasteiger partial charge is 0.203 e. The third kappa shape index (κ3) is 4.14. The number of quaternary nitrogens is 1. The van der Waals surface area contributed by atoms with Gasteiger partial charge in [0.25, 0.3) is 0 Å². The van der Waals surface area contributed by atoms with Gasteiger partial charge in [0.2, 0.25) is 5.75 Å². The fourth-order valence-corrected chi connectivity index (χ4v) is 2.91. The lowest BCUT2D eigenvalue weighted by Gasteiger charge is -2.30. The first-order chi connectivity index (χ1) is 12.7. The Hall–Kier alpha value is -2.60. The molecule has 140 valence electrons. The Morgan fingerprint density at radius 3 is 2.23 bits per heavy atom. The minimum atomic E-state index is 0.00528. The van der Waals surface area contributed by atoms with Crippen LogP contribution < -0.4 is 29.0 Å². The fraction of sp³-hybridized carbons (Fsp3) is 0.400. The molecule has 0 unspecified atom stereocenters. The molecule has 0 fully saturated rings. The summed E-state index contributed by atoms with van der Waals surface area (Å²) in [6.07, 6.45) is 0.0158. The van der Waals surface area contributed by atoms with Crippen molar-refractivity contribution < 1.29 is 29.0 Å². The van der Waals surface area contributed by atoms with Crippen LogP contribution in [0, 0.1) is 0 Å². The van der Waals surface area contributed by atoms with Crippen LogP contribution in [0.25, 0.3) is 0 Å². The van der Waals surface area contributed by atoms with E-state index in [2.05, 4.69) is 5.32 Å². The van der Waals surface area contributed by atoms with E-state index in [1.54, 1.807) is 14.2 Å². The maximum Gasteiger partial charge on any atom is 0.203 e. The zero-order valence-corrected chi connectivity index (χ0v) is 15.4. The molecule has 2 aromatic rings. The predicted octanol–water partition coefficient (Wildman–Crippen LogP) is 1.87. The fourth-order valence-electron chi connectivity index (χ4n) is 2.91. The molecule has 2 aromatic carbocycles. The predicted molar refractivity (Wildman–Crippen MR) is 97.6 cm³/mol. The second-order valence-electron chi connectivity index (χ2n) is 6.08. The number of hydrogen-bond acceptors (Lipinski definition) is 5. The molecular formula is C20H26NO5+. The minimum Gasteiger partial charge on any atom is -0.493 e. The third-order valence-electron chi connectivity index (χ3n) is 4.31. The molecule has 0 aromatic heterocycles. The minimum absolute atomic E-state index is 0.00528. The summed E-state index contributed by atoms with van der Waals surface area (Å²) in [4.78, 5) is 0. The molecule has 0 spiro atoms. The molecule has 0 aliphatic carbocycles. The summed E-state index contributed by atoms with van der Waals surface area (Å²) in [5.74, 6) is 3.57. The first-order valence-electron chi connectivity index (χ1n) is 8.80. The molecule has 0 saturated heterocycles. The van der Waals surface area contributed by atoms with E-state index in [1.165, 1.54) is 0 Å². The number of nitrogens with two attached hydrogens (primary N) is 1. The van der Waals surface area contributed by atoms with Gasteiger partial charge in [-0.05, 0) is 31.2 Å². The van der Waals surface area contributed by atoms with Gasteiger partial charge in [-0.1, -0.05) is 18.2 Å². The zero-order valence-electron chi connectivity index (χ0n) is 15.4. The van der Waals surface area contributed by atoms with E-state index in [1.807, 2.05) is 49.4 Å². The van der Waals surface area contributed by atoms with Crippen molar-refractivity contribution in [2.24, 2.45) is 0 Å². The molecule has 26 heavy (non-hydrogen) atoms. The average Bonchev–Trinajstić information content (AvgIpc) is 2.67. The summed E-state index contributed by atoms with van der Waals surface area (Å²) >= 11 is 0. The van der Waals surface area contributed by atoms with Crippen molar-refractivity contribution >= 4 is 0 Å². The normalized spacial score (nSPS) is 18.3. The summed E-state index contributed by atoms with van der Waals surface area (Å²) in [6, 6.07) is 13.3. The average molecular weight is 360 g/mol. The van der Waals surface area contributed by atoms with E-state index in [-0.39, 0.29) is 12.2 Å². The van der Waals surface area contributed by atoms with Crippen LogP contribution in [-0.2, 0) is 0 Å². The highest BCUT2D eigenvalue weighted by atomic mass is 16.6. The summed E-state index contributed by atoms with van der Waals surface area (Å²) in [6.45, 7) is 4.15. The summed E-state index contributed by atoms with van der Waals surface area (Å²) in [7, 11) is 3.24. The summed E-state index contributed by atoms with van der Waals surface area (Å²) < 4.78 is 28.5. The number of methoxy groups -OCH3 is 2. The van der Waals surface area contributed by atoms with Gasteiger partial charge in [-0.2, -0.15) is 0 Å². The lowest BCUT2D eigenvalue weighted by molar-refractivity contribution is -0.661. The number of benzene rings is 2. The van der Waals surface area contributed by atoms with Gasteiger partial charge >= 0.3 is 0 Å². The van der Waals surface area contributed by atoms with Gasteiger partial charge in [0.1, 0.15) is 25.8 Å². The van der Waals surface area contributed by atoms with Crippen molar-refractivity contribution in [2.75, 3.05) is 33.9 Å². The van der Waals surface area contributed by atoms with Crippen LogP contribution >= 0.6 is 0 Å². The Morgan fingerprint density at radius 1 is 0.923 bits per heavy atom. The second-order valence-corrected chi connectivity index (χ2v) is 6.08. The first kappa shape index (κ1) is 18.2. The Kier molecular flexibility index (Phi) is 6.07. The van der Waals surface area contributed by atoms with E-state index in [4.69, 9.17) is 23.7 Å². The molecule has 0 amide bonds. The molecule has 1 heterocycles. The van der Waals surface area contributed by atoms with Crippen LogP contribution in [0.5, 0.6) is 28.7 Å². The van der Waals surface area contributed by atoms with Crippen molar-refractivity contribution in [3.05, 3.63) is 42.5 Å². The zero-order chi connectivity index (χ0) is 18.4. The van der Waals surface area contributed by atoms with Crippen LogP contribution in [0.4, 0.5) is 0 Å². The number of rotatable bonds is 8. The van der Waals surface area contributed by atoms with Crippen LogP contribution in [0.15, 0.2) is 42.5 Å². The van der Waals surface area contributed by atoms with E-state index in [0.29, 0.717) is 23.9 Å². The number of hydrogen-bond donors (Lipinski definition) is 1. The van der Waals surface area contributed by atoms with Crippen LogP contribution in [-0.4, -0.2) is 46.1 Å². The maximum absolute atomic E-state index is 6.04. The highest BCUT2D eigenvalue weighted by molar-refractivity contribution is 5.51. The standard InChI is InChI=1S/C20H25NO5/c1-14-19(26-16-8-5-4-7-15(16)25-14)13-21-11-12-24-20-17(22-2)9-6-10-18(20)23-3/h4-10,14,19,21H,11-13H2,1-3H3/p+1/t14-,19-/m1/s1.